The number of halogens is 4. The van der Waals surface area contributed by atoms with Crippen molar-refractivity contribution in [3.63, 3.8) is 0 Å². The number of carbonyl (C=O) groups excluding carboxylic acids is 1. The van der Waals surface area contributed by atoms with Gasteiger partial charge in [-0.15, -0.1) is 10.2 Å². The predicted molar refractivity (Wildman–Crippen MR) is 279 cm³/mol. The molecule has 0 bridgehead atoms. The van der Waals surface area contributed by atoms with Gasteiger partial charge in [0, 0.05) is 73.6 Å². The highest BCUT2D eigenvalue weighted by atomic mass is 28.3. The smallest absolute Gasteiger partial charge is 0.341 e. The van der Waals surface area contributed by atoms with E-state index in [0.717, 1.165) is 63.7 Å². The number of hydrogen-bond acceptors (Lipinski definition) is 14. The van der Waals surface area contributed by atoms with Crippen molar-refractivity contribution < 1.29 is 60.7 Å². The molecule has 2 N–H and O–H groups in total. The zero-order valence-corrected chi connectivity index (χ0v) is 44.4. The number of aliphatic carboxylic acids is 1. The third kappa shape index (κ3) is 15.5. The van der Waals surface area contributed by atoms with Crippen LogP contribution < -0.4 is 18.9 Å². The van der Waals surface area contributed by atoms with Gasteiger partial charge in [0.15, 0.2) is 34.9 Å². The van der Waals surface area contributed by atoms with E-state index >= 15 is 0 Å². The average Bonchev–Trinajstić information content (AvgIpc) is 4.06. The number of hydrogen-bond donors (Lipinski definition) is 2. The molecule has 77 heavy (non-hydrogen) atoms. The first-order valence-electron chi connectivity index (χ1n) is 24.0. The molecular formula is C55H56F4N8O9Si. The maximum atomic E-state index is 13.8. The normalized spacial score (nSPS) is 11.6. The Bertz CT molecular complexity index is 3280. The fourth-order valence-electron chi connectivity index (χ4n) is 6.66. The van der Waals surface area contributed by atoms with Gasteiger partial charge in [-0.05, 0) is 81.3 Å². The highest BCUT2D eigenvalue weighted by Crippen LogP contribution is 2.30. The topological polar surface area (TPSA) is 208 Å². The number of rotatable bonds is 21. The van der Waals surface area contributed by atoms with E-state index in [1.54, 1.807) is 52.2 Å². The highest BCUT2D eigenvalue weighted by molar-refractivity contribution is 6.76. The summed E-state index contributed by atoms with van der Waals surface area (Å²) in [6, 6.07) is 29.5. The maximum absolute atomic E-state index is 13.8. The Morgan fingerprint density at radius 1 is 0.636 bits per heavy atom. The van der Waals surface area contributed by atoms with Crippen LogP contribution in [0, 0.1) is 34.1 Å². The van der Waals surface area contributed by atoms with Crippen LogP contribution >= 0.6 is 0 Å². The highest BCUT2D eigenvalue weighted by Gasteiger charge is 2.30. The number of methoxy groups -OCH3 is 1. The molecule has 0 aliphatic heterocycles. The number of carbonyl (C=O) groups is 2. The van der Waals surface area contributed by atoms with Crippen LogP contribution in [0.4, 0.5) is 17.6 Å². The second-order valence-corrected chi connectivity index (χ2v) is 25.6. The molecule has 8 aromatic rings. The minimum absolute atomic E-state index is 0.00234. The molecule has 17 nitrogen and oxygen atoms in total. The molecule has 0 saturated carbocycles. The van der Waals surface area contributed by atoms with Gasteiger partial charge in [0.05, 0.1) is 17.9 Å². The van der Waals surface area contributed by atoms with E-state index in [-0.39, 0.29) is 49.4 Å². The van der Waals surface area contributed by atoms with Gasteiger partial charge in [0.25, 0.3) is 0 Å². The minimum Gasteiger partial charge on any atom is -0.481 e. The maximum Gasteiger partial charge on any atom is 0.341 e. The summed E-state index contributed by atoms with van der Waals surface area (Å²) in [5, 5.41) is 20.4. The van der Waals surface area contributed by atoms with Gasteiger partial charge >= 0.3 is 24.0 Å². The predicted octanol–water partition coefficient (Wildman–Crippen LogP) is 12.1. The van der Waals surface area contributed by atoms with Gasteiger partial charge in [-0.25, -0.2) is 27.5 Å². The summed E-state index contributed by atoms with van der Waals surface area (Å²) in [4.78, 5) is 40.4. The van der Waals surface area contributed by atoms with Crippen LogP contribution in [0.15, 0.2) is 122 Å². The number of pyridine rings is 2. The molecule has 0 atom stereocenters. The third-order valence-electron chi connectivity index (χ3n) is 11.4. The lowest BCUT2D eigenvalue weighted by atomic mass is 9.95. The number of nitrogens with one attached hydrogen (secondary N) is 1. The van der Waals surface area contributed by atoms with E-state index < -0.39 is 48.1 Å². The summed E-state index contributed by atoms with van der Waals surface area (Å²) in [6.07, 6.45) is 3.33. The molecule has 0 aliphatic carbocycles. The van der Waals surface area contributed by atoms with E-state index in [9.17, 15) is 27.2 Å². The zero-order chi connectivity index (χ0) is 55.5. The number of ether oxygens (including phenoxy) is 6. The number of nitrogens with zero attached hydrogens (tertiary/aromatic N) is 7. The summed E-state index contributed by atoms with van der Waals surface area (Å²) < 4.78 is 88.0. The standard InChI is InChI=1S/C31H36F2N4O5Si.C24H20F2N4O4/c1-31(2,29(38)39-3)19-41-27-14-11-23(18-34-27)21-7-9-22(10-8-21)28-35-30(42-24-12-13-25(32)26(33)17-24)37(36-28)20-40-15-16-43(4,5)6;1-24(2,22(31)32)13-33-20-10-7-16(12-27-20)14-3-5-15(6-4-14)21-28-23(30-29-21)34-17-8-9-18(25)19(26)11-17/h7-14,17-18H,15-16,19-20H2,1-6H3;3-12H,13H2,1-2H3,(H,31,32)(H,28,29,30). The molecular weight excluding hydrogens is 1020 g/mol. The summed E-state index contributed by atoms with van der Waals surface area (Å²) in [5.41, 5.74) is 3.15. The first-order chi connectivity index (χ1) is 36.5. The van der Waals surface area contributed by atoms with Gasteiger partial charge in [-0.1, -0.05) is 68.2 Å². The van der Waals surface area contributed by atoms with Crippen molar-refractivity contribution in [1.82, 2.24) is 39.9 Å². The third-order valence-corrected chi connectivity index (χ3v) is 13.1. The number of benzene rings is 4. The van der Waals surface area contributed by atoms with Crippen LogP contribution in [-0.2, 0) is 25.8 Å². The molecule has 0 saturated heterocycles. The molecule has 4 aromatic heterocycles. The van der Waals surface area contributed by atoms with Crippen molar-refractivity contribution in [3.8, 4) is 80.3 Å². The molecule has 0 fully saturated rings. The molecule has 4 heterocycles. The second kappa shape index (κ2) is 24.4. The lowest BCUT2D eigenvalue weighted by molar-refractivity contribution is -0.152. The second-order valence-electron chi connectivity index (χ2n) is 20.0. The van der Waals surface area contributed by atoms with Crippen molar-refractivity contribution in [3.05, 3.63) is 145 Å². The molecule has 4 aromatic carbocycles. The largest absolute Gasteiger partial charge is 0.481 e. The van der Waals surface area contributed by atoms with Crippen LogP contribution in [0.1, 0.15) is 27.7 Å². The Balaban J connectivity index is 0.000000230. The van der Waals surface area contributed by atoms with E-state index in [1.165, 1.54) is 23.9 Å². The first-order valence-corrected chi connectivity index (χ1v) is 27.7. The molecule has 0 unspecified atom stereocenters. The summed E-state index contributed by atoms with van der Waals surface area (Å²) >= 11 is 0. The lowest BCUT2D eigenvalue weighted by Gasteiger charge is -2.21. The first kappa shape index (κ1) is 56.2. The van der Waals surface area contributed by atoms with E-state index in [0.29, 0.717) is 30.0 Å². The number of H-pyrrole nitrogens is 1. The molecule has 402 valence electrons. The number of carboxylic acids is 1. The number of aromatic nitrogens is 8. The molecule has 0 radical (unpaired) electrons. The van der Waals surface area contributed by atoms with E-state index in [4.69, 9.17) is 33.5 Å². The lowest BCUT2D eigenvalue weighted by Crippen LogP contribution is -2.32. The summed E-state index contributed by atoms with van der Waals surface area (Å²) in [6.45, 7) is 14.2. The number of esters is 1. The average molecular weight is 1080 g/mol. The Morgan fingerprint density at radius 3 is 1.64 bits per heavy atom. The number of aromatic amines is 1. The van der Waals surface area contributed by atoms with Crippen molar-refractivity contribution in [2.75, 3.05) is 26.9 Å². The van der Waals surface area contributed by atoms with Gasteiger partial charge in [-0.3, -0.25) is 14.7 Å². The Morgan fingerprint density at radius 2 is 1.14 bits per heavy atom. The zero-order valence-electron chi connectivity index (χ0n) is 43.4. The Kier molecular flexibility index (Phi) is 17.9. The molecule has 0 spiro atoms. The van der Waals surface area contributed by atoms with Gasteiger partial charge < -0.3 is 33.5 Å². The molecule has 0 aliphatic rings. The van der Waals surface area contributed by atoms with Crippen molar-refractivity contribution in [1.29, 1.82) is 0 Å². The monoisotopic (exact) mass is 1080 g/mol. The quantitative estimate of drug-likeness (QED) is 0.0297. The van der Waals surface area contributed by atoms with Crippen LogP contribution in [-0.4, -0.2) is 92.0 Å². The van der Waals surface area contributed by atoms with Gasteiger partial charge in [-0.2, -0.15) is 14.6 Å². The Labute approximate surface area is 442 Å². The SMILES string of the molecule is CC(C)(COc1ccc(-c2ccc(-c3nc(Oc4ccc(F)c(F)c4)n[nH]3)cc2)cn1)C(=O)O.COC(=O)C(C)(C)COc1ccc(-c2ccc(-c3nc(Oc4ccc(F)c(F)c4)n(COCC[Si](C)(C)C)n3)cc2)cn1. The van der Waals surface area contributed by atoms with Crippen LogP contribution in [0.25, 0.3) is 45.0 Å². The van der Waals surface area contributed by atoms with Gasteiger partial charge in [0.2, 0.25) is 11.8 Å². The van der Waals surface area contributed by atoms with Crippen LogP contribution in [0.2, 0.25) is 25.7 Å². The van der Waals surface area contributed by atoms with Crippen LogP contribution in [0.5, 0.6) is 35.3 Å². The van der Waals surface area contributed by atoms with E-state index in [2.05, 4.69) is 54.9 Å². The van der Waals surface area contributed by atoms with Crippen molar-refractivity contribution in [2.45, 2.75) is 60.1 Å². The number of carboxylic acid groups (broad SMARTS) is 1. The minimum atomic E-state index is -1.29. The fourth-order valence-corrected chi connectivity index (χ4v) is 7.42. The van der Waals surface area contributed by atoms with E-state index in [1.807, 2.05) is 60.7 Å². The summed E-state index contributed by atoms with van der Waals surface area (Å²) in [5.74, 6) is -3.58. The fraction of sp³-hybridized carbons (Fsp3) is 0.273. The Hall–Kier alpha value is -8.50. The molecule has 8 rings (SSSR count). The van der Waals surface area contributed by atoms with Crippen molar-refractivity contribution >= 4 is 20.0 Å². The summed E-state index contributed by atoms with van der Waals surface area (Å²) in [7, 11) is 0.0545. The van der Waals surface area contributed by atoms with Crippen LogP contribution in [0.3, 0.4) is 0 Å². The van der Waals surface area contributed by atoms with Crippen molar-refractivity contribution in [2.24, 2.45) is 10.8 Å². The van der Waals surface area contributed by atoms with Gasteiger partial charge in [0.1, 0.15) is 31.4 Å². The molecule has 22 heteroatoms. The molecule has 0 amide bonds.